The summed E-state index contributed by atoms with van der Waals surface area (Å²) in [5, 5.41) is 0. The Hall–Kier alpha value is -1.44. The van der Waals surface area contributed by atoms with E-state index in [0.29, 0.717) is 6.42 Å². The average Bonchev–Trinajstić information content (AvgIpc) is 2.21. The van der Waals surface area contributed by atoms with Crippen LogP contribution in [0.1, 0.15) is 24.4 Å². The lowest BCUT2D eigenvalue weighted by Crippen LogP contribution is -2.28. The summed E-state index contributed by atoms with van der Waals surface area (Å²) in [6, 6.07) is 0.0391. The van der Waals surface area contributed by atoms with Crippen molar-refractivity contribution in [2.45, 2.75) is 18.9 Å². The highest BCUT2D eigenvalue weighted by atomic mass is 15.2. The molecular weight excluding hydrogens is 164 g/mol. The molecule has 0 aromatic carbocycles. The summed E-state index contributed by atoms with van der Waals surface area (Å²) in [6.45, 7) is 0. The van der Waals surface area contributed by atoms with E-state index in [1.807, 2.05) is 0 Å². The number of terminal acetylenes is 1. The summed E-state index contributed by atoms with van der Waals surface area (Å²) in [5.41, 5.74) is 3.64. The zero-order chi connectivity index (χ0) is 9.52. The number of hydrogen-bond acceptors (Lipinski definition) is 4. The van der Waals surface area contributed by atoms with Crippen LogP contribution in [0.3, 0.4) is 0 Å². The Morgan fingerprint density at radius 2 is 2.23 bits per heavy atom. The van der Waals surface area contributed by atoms with Gasteiger partial charge in [-0.05, 0) is 6.42 Å². The van der Waals surface area contributed by atoms with Gasteiger partial charge in [0, 0.05) is 30.4 Å². The normalized spacial score (nSPS) is 12.0. The van der Waals surface area contributed by atoms with Crippen molar-refractivity contribution in [3.63, 3.8) is 0 Å². The second-order valence-corrected chi connectivity index (χ2v) is 2.63. The Bertz CT molecular complexity index is 277. The van der Waals surface area contributed by atoms with Crippen LogP contribution in [0.25, 0.3) is 0 Å². The van der Waals surface area contributed by atoms with Gasteiger partial charge in [0.15, 0.2) is 0 Å². The lowest BCUT2D eigenvalue weighted by Gasteiger charge is -2.13. The Balaban J connectivity index is 2.63. The van der Waals surface area contributed by atoms with Crippen LogP contribution >= 0.6 is 0 Å². The zero-order valence-electron chi connectivity index (χ0n) is 7.27. The van der Waals surface area contributed by atoms with Crippen molar-refractivity contribution in [3.8, 4) is 12.3 Å². The van der Waals surface area contributed by atoms with E-state index in [0.717, 1.165) is 12.0 Å². The van der Waals surface area contributed by atoms with Gasteiger partial charge in [0.1, 0.15) is 6.33 Å². The molecule has 1 aromatic rings. The number of nitrogens with zero attached hydrogens (tertiary/aromatic N) is 2. The lowest BCUT2D eigenvalue weighted by molar-refractivity contribution is 0.520. The third kappa shape index (κ3) is 2.82. The molecular formula is C9H12N4. The average molecular weight is 176 g/mol. The predicted molar refractivity (Wildman–Crippen MR) is 50.2 cm³/mol. The van der Waals surface area contributed by atoms with Gasteiger partial charge in [0.25, 0.3) is 0 Å². The summed E-state index contributed by atoms with van der Waals surface area (Å²) in [7, 11) is 0. The first kappa shape index (κ1) is 9.65. The highest BCUT2D eigenvalue weighted by Crippen LogP contribution is 2.14. The van der Waals surface area contributed by atoms with E-state index in [2.05, 4.69) is 21.3 Å². The largest absolute Gasteiger partial charge is 0.271 e. The van der Waals surface area contributed by atoms with Crippen LogP contribution in [0.5, 0.6) is 0 Å². The SMILES string of the molecule is C#CCCC(NN)c1cncnc1. The first-order chi connectivity index (χ1) is 6.38. The van der Waals surface area contributed by atoms with Gasteiger partial charge in [-0.15, -0.1) is 12.3 Å². The molecule has 1 unspecified atom stereocenters. The van der Waals surface area contributed by atoms with Gasteiger partial charge in [-0.3, -0.25) is 11.3 Å². The molecule has 0 saturated carbocycles. The van der Waals surface area contributed by atoms with Gasteiger partial charge >= 0.3 is 0 Å². The van der Waals surface area contributed by atoms with Gasteiger partial charge in [0.05, 0.1) is 0 Å². The fourth-order valence-corrected chi connectivity index (χ4v) is 1.06. The van der Waals surface area contributed by atoms with E-state index in [9.17, 15) is 0 Å². The molecule has 68 valence electrons. The minimum atomic E-state index is 0.0391. The summed E-state index contributed by atoms with van der Waals surface area (Å²) >= 11 is 0. The predicted octanol–water partition coefficient (Wildman–Crippen LogP) is 0.394. The number of aromatic nitrogens is 2. The van der Waals surface area contributed by atoms with Gasteiger partial charge in [-0.2, -0.15) is 0 Å². The fraction of sp³-hybridized carbons (Fsp3) is 0.333. The van der Waals surface area contributed by atoms with Crippen molar-refractivity contribution in [3.05, 3.63) is 24.3 Å². The third-order valence-corrected chi connectivity index (χ3v) is 1.76. The second-order valence-electron chi connectivity index (χ2n) is 2.63. The summed E-state index contributed by atoms with van der Waals surface area (Å²) < 4.78 is 0. The number of nitrogens with two attached hydrogens (primary N) is 1. The summed E-state index contributed by atoms with van der Waals surface area (Å²) in [5.74, 6) is 7.94. The maximum atomic E-state index is 5.37. The topological polar surface area (TPSA) is 63.8 Å². The molecule has 0 aliphatic carbocycles. The molecule has 4 heteroatoms. The minimum Gasteiger partial charge on any atom is -0.271 e. The molecule has 0 spiro atoms. The smallest absolute Gasteiger partial charge is 0.115 e. The molecule has 1 rings (SSSR count). The summed E-state index contributed by atoms with van der Waals surface area (Å²) in [4.78, 5) is 7.81. The molecule has 0 aliphatic heterocycles. The number of rotatable bonds is 4. The third-order valence-electron chi connectivity index (χ3n) is 1.76. The molecule has 0 saturated heterocycles. The van der Waals surface area contributed by atoms with Crippen LogP contribution in [0.2, 0.25) is 0 Å². The fourth-order valence-electron chi connectivity index (χ4n) is 1.06. The minimum absolute atomic E-state index is 0.0391. The van der Waals surface area contributed by atoms with Crippen molar-refractivity contribution < 1.29 is 0 Å². The van der Waals surface area contributed by atoms with Crippen LogP contribution in [-0.4, -0.2) is 9.97 Å². The molecule has 0 amide bonds. The molecule has 0 radical (unpaired) electrons. The lowest BCUT2D eigenvalue weighted by atomic mass is 10.1. The van der Waals surface area contributed by atoms with E-state index < -0.39 is 0 Å². The second kappa shape index (κ2) is 5.25. The van der Waals surface area contributed by atoms with Crippen LogP contribution in [0.15, 0.2) is 18.7 Å². The van der Waals surface area contributed by atoms with Crippen LogP contribution in [0.4, 0.5) is 0 Å². The number of hydrogen-bond donors (Lipinski definition) is 2. The van der Waals surface area contributed by atoms with Crippen LogP contribution < -0.4 is 11.3 Å². The molecule has 13 heavy (non-hydrogen) atoms. The highest BCUT2D eigenvalue weighted by molar-refractivity contribution is 5.09. The number of hydrazine groups is 1. The first-order valence-corrected chi connectivity index (χ1v) is 4.03. The molecule has 0 fully saturated rings. The highest BCUT2D eigenvalue weighted by Gasteiger charge is 2.08. The van der Waals surface area contributed by atoms with E-state index >= 15 is 0 Å². The van der Waals surface area contributed by atoms with Gasteiger partial charge in [-0.1, -0.05) is 0 Å². The van der Waals surface area contributed by atoms with Crippen molar-refractivity contribution in [2.24, 2.45) is 5.84 Å². The molecule has 0 bridgehead atoms. The molecule has 0 aliphatic rings. The van der Waals surface area contributed by atoms with E-state index in [4.69, 9.17) is 12.3 Å². The Kier molecular flexibility index (Phi) is 3.89. The Labute approximate surface area is 77.6 Å². The monoisotopic (exact) mass is 176 g/mol. The maximum Gasteiger partial charge on any atom is 0.115 e. The van der Waals surface area contributed by atoms with E-state index in [-0.39, 0.29) is 6.04 Å². The van der Waals surface area contributed by atoms with Crippen LogP contribution in [0, 0.1) is 12.3 Å². The van der Waals surface area contributed by atoms with Gasteiger partial charge in [-0.25, -0.2) is 9.97 Å². The number of nitrogens with one attached hydrogen (secondary N) is 1. The van der Waals surface area contributed by atoms with E-state index in [1.165, 1.54) is 6.33 Å². The zero-order valence-corrected chi connectivity index (χ0v) is 7.27. The molecule has 1 aromatic heterocycles. The van der Waals surface area contributed by atoms with Gasteiger partial charge < -0.3 is 0 Å². The van der Waals surface area contributed by atoms with E-state index in [1.54, 1.807) is 12.4 Å². The standard InChI is InChI=1S/C9H12N4/c1-2-3-4-9(13-10)8-5-11-7-12-6-8/h1,5-7,9,13H,3-4,10H2. The Morgan fingerprint density at radius 3 is 2.77 bits per heavy atom. The summed E-state index contributed by atoms with van der Waals surface area (Å²) in [6.07, 6.45) is 11.6. The van der Waals surface area contributed by atoms with Gasteiger partial charge in [0.2, 0.25) is 0 Å². The quantitative estimate of drug-likeness (QED) is 0.396. The molecule has 3 N–H and O–H groups in total. The van der Waals surface area contributed by atoms with Crippen molar-refractivity contribution >= 4 is 0 Å². The molecule has 1 heterocycles. The van der Waals surface area contributed by atoms with Crippen molar-refractivity contribution in [1.29, 1.82) is 0 Å². The Morgan fingerprint density at radius 1 is 1.54 bits per heavy atom. The van der Waals surface area contributed by atoms with Crippen LogP contribution in [-0.2, 0) is 0 Å². The maximum absolute atomic E-state index is 5.37. The van der Waals surface area contributed by atoms with Crippen molar-refractivity contribution in [2.75, 3.05) is 0 Å². The molecule has 4 nitrogen and oxygen atoms in total. The van der Waals surface area contributed by atoms with Crippen molar-refractivity contribution in [1.82, 2.24) is 15.4 Å². The molecule has 1 atom stereocenters. The first-order valence-electron chi connectivity index (χ1n) is 4.03.